The highest BCUT2D eigenvalue weighted by atomic mass is 32.2. The standard InChI is InChI=1S/C24H23NO4S2/c1-28-20-14-16(12-13-19(20)29-23(27)17-8-4-2-5-9-17)15-21-22(26)25(24(30)31-21)18-10-6-3-7-11-18/h2,4-5,8-9,12-15,18H,3,6-7,10-11H2,1H3/b21-15+. The van der Waals surface area contributed by atoms with Crippen molar-refractivity contribution < 1.29 is 19.1 Å². The highest BCUT2D eigenvalue weighted by molar-refractivity contribution is 8.26. The van der Waals surface area contributed by atoms with Crippen LogP contribution in [0.25, 0.3) is 6.08 Å². The van der Waals surface area contributed by atoms with E-state index in [1.165, 1.54) is 25.3 Å². The van der Waals surface area contributed by atoms with Crippen LogP contribution in [0.15, 0.2) is 53.4 Å². The maximum absolute atomic E-state index is 13.0. The number of carbonyl (C=O) groups is 2. The van der Waals surface area contributed by atoms with Crippen molar-refractivity contribution in [2.24, 2.45) is 0 Å². The number of hydrogen-bond donors (Lipinski definition) is 0. The van der Waals surface area contributed by atoms with Crippen molar-refractivity contribution in [1.82, 2.24) is 4.90 Å². The predicted molar refractivity (Wildman–Crippen MR) is 126 cm³/mol. The van der Waals surface area contributed by atoms with Gasteiger partial charge in [0.1, 0.15) is 4.32 Å². The van der Waals surface area contributed by atoms with E-state index >= 15 is 0 Å². The van der Waals surface area contributed by atoms with Crippen LogP contribution in [0.2, 0.25) is 0 Å². The molecule has 4 rings (SSSR count). The lowest BCUT2D eigenvalue weighted by Gasteiger charge is -2.29. The van der Waals surface area contributed by atoms with E-state index in [0.717, 1.165) is 31.2 Å². The number of hydrogen-bond acceptors (Lipinski definition) is 6. The Hall–Kier alpha value is -2.64. The van der Waals surface area contributed by atoms with Crippen molar-refractivity contribution >= 4 is 46.3 Å². The molecule has 5 nitrogen and oxygen atoms in total. The van der Waals surface area contributed by atoms with E-state index in [9.17, 15) is 9.59 Å². The molecule has 2 aromatic rings. The summed E-state index contributed by atoms with van der Waals surface area (Å²) in [6, 6.07) is 14.2. The fourth-order valence-corrected chi connectivity index (χ4v) is 5.28. The Labute approximate surface area is 191 Å². The molecule has 0 radical (unpaired) electrons. The van der Waals surface area contributed by atoms with Crippen molar-refractivity contribution in [3.63, 3.8) is 0 Å². The SMILES string of the molecule is COc1cc(/C=C2/SC(=S)N(C3CCCCC3)C2=O)ccc1OC(=O)c1ccccc1. The summed E-state index contributed by atoms with van der Waals surface area (Å²) < 4.78 is 11.5. The number of thioether (sulfide) groups is 1. The minimum Gasteiger partial charge on any atom is -0.493 e. The molecule has 160 valence electrons. The van der Waals surface area contributed by atoms with Crippen LogP contribution in [-0.4, -0.2) is 34.2 Å². The molecule has 0 N–H and O–H groups in total. The molecule has 1 aliphatic heterocycles. The Morgan fingerprint density at radius 3 is 2.55 bits per heavy atom. The number of thiocarbonyl (C=S) groups is 1. The van der Waals surface area contributed by atoms with Gasteiger partial charge in [-0.15, -0.1) is 0 Å². The lowest BCUT2D eigenvalue weighted by molar-refractivity contribution is -0.124. The van der Waals surface area contributed by atoms with E-state index in [2.05, 4.69) is 0 Å². The summed E-state index contributed by atoms with van der Waals surface area (Å²) in [5.74, 6) is 0.254. The monoisotopic (exact) mass is 453 g/mol. The van der Waals surface area contributed by atoms with Crippen molar-refractivity contribution in [1.29, 1.82) is 0 Å². The zero-order chi connectivity index (χ0) is 21.8. The third-order valence-electron chi connectivity index (χ3n) is 5.46. The molecule has 1 saturated carbocycles. The van der Waals surface area contributed by atoms with Gasteiger partial charge in [-0.05, 0) is 48.7 Å². The number of amides is 1. The Kier molecular flexibility index (Phi) is 6.73. The van der Waals surface area contributed by atoms with E-state index in [1.807, 2.05) is 12.1 Å². The molecule has 2 aromatic carbocycles. The number of benzene rings is 2. The summed E-state index contributed by atoms with van der Waals surface area (Å²) in [5, 5.41) is 0. The third-order valence-corrected chi connectivity index (χ3v) is 6.79. The first-order valence-corrected chi connectivity index (χ1v) is 11.5. The second kappa shape index (κ2) is 9.66. The number of esters is 1. The second-order valence-electron chi connectivity index (χ2n) is 7.51. The zero-order valence-electron chi connectivity index (χ0n) is 17.2. The van der Waals surface area contributed by atoms with E-state index < -0.39 is 5.97 Å². The Morgan fingerprint density at radius 2 is 1.84 bits per heavy atom. The molecule has 2 fully saturated rings. The van der Waals surface area contributed by atoms with Gasteiger partial charge >= 0.3 is 5.97 Å². The van der Waals surface area contributed by atoms with E-state index in [4.69, 9.17) is 21.7 Å². The zero-order valence-corrected chi connectivity index (χ0v) is 18.8. The average molecular weight is 454 g/mol. The first kappa shape index (κ1) is 21.6. The highest BCUT2D eigenvalue weighted by Crippen LogP contribution is 2.38. The number of nitrogens with zero attached hydrogens (tertiary/aromatic N) is 1. The predicted octanol–water partition coefficient (Wildman–Crippen LogP) is 5.45. The van der Waals surface area contributed by atoms with Crippen LogP contribution in [0.1, 0.15) is 48.0 Å². The van der Waals surface area contributed by atoms with Gasteiger partial charge in [0.15, 0.2) is 11.5 Å². The largest absolute Gasteiger partial charge is 0.493 e. The van der Waals surface area contributed by atoms with Crippen LogP contribution >= 0.6 is 24.0 Å². The van der Waals surface area contributed by atoms with Gasteiger partial charge in [0.05, 0.1) is 17.6 Å². The van der Waals surface area contributed by atoms with Crippen LogP contribution in [0.5, 0.6) is 11.5 Å². The Balaban J connectivity index is 1.52. The number of methoxy groups -OCH3 is 1. The maximum atomic E-state index is 13.0. The minimum atomic E-state index is -0.458. The molecule has 7 heteroatoms. The van der Waals surface area contributed by atoms with Crippen LogP contribution in [-0.2, 0) is 4.79 Å². The molecular formula is C24H23NO4S2. The molecule has 2 aliphatic rings. The van der Waals surface area contributed by atoms with Crippen molar-refractivity contribution in [3.8, 4) is 11.5 Å². The first-order chi connectivity index (χ1) is 15.1. The topological polar surface area (TPSA) is 55.8 Å². The van der Waals surface area contributed by atoms with Gasteiger partial charge in [-0.2, -0.15) is 0 Å². The van der Waals surface area contributed by atoms with E-state index in [1.54, 1.807) is 47.4 Å². The van der Waals surface area contributed by atoms with Gasteiger partial charge in [0.25, 0.3) is 5.91 Å². The van der Waals surface area contributed by atoms with Gasteiger partial charge in [-0.1, -0.05) is 67.5 Å². The number of rotatable bonds is 5. The van der Waals surface area contributed by atoms with Gasteiger partial charge in [-0.3, -0.25) is 9.69 Å². The van der Waals surface area contributed by atoms with Crippen molar-refractivity contribution in [2.75, 3.05) is 7.11 Å². The molecule has 0 aromatic heterocycles. The summed E-state index contributed by atoms with van der Waals surface area (Å²) in [4.78, 5) is 27.7. The van der Waals surface area contributed by atoms with E-state index in [0.29, 0.717) is 26.3 Å². The molecule has 0 bridgehead atoms. The van der Waals surface area contributed by atoms with Gasteiger partial charge in [0, 0.05) is 6.04 Å². The summed E-state index contributed by atoms with van der Waals surface area (Å²) in [6.07, 6.45) is 7.34. The lowest BCUT2D eigenvalue weighted by Crippen LogP contribution is -2.39. The molecule has 31 heavy (non-hydrogen) atoms. The van der Waals surface area contributed by atoms with E-state index in [-0.39, 0.29) is 11.9 Å². The molecule has 1 amide bonds. The Morgan fingerprint density at radius 1 is 1.10 bits per heavy atom. The lowest BCUT2D eigenvalue weighted by atomic mass is 9.94. The summed E-state index contributed by atoms with van der Waals surface area (Å²) in [6.45, 7) is 0. The second-order valence-corrected chi connectivity index (χ2v) is 9.19. The molecule has 1 aliphatic carbocycles. The van der Waals surface area contributed by atoms with Crippen LogP contribution in [0.3, 0.4) is 0 Å². The number of ether oxygens (including phenoxy) is 2. The smallest absolute Gasteiger partial charge is 0.343 e. The molecular weight excluding hydrogens is 430 g/mol. The summed E-state index contributed by atoms with van der Waals surface area (Å²) >= 11 is 6.84. The molecule has 0 unspecified atom stereocenters. The fraction of sp³-hybridized carbons (Fsp3) is 0.292. The van der Waals surface area contributed by atoms with Crippen LogP contribution in [0, 0.1) is 0 Å². The average Bonchev–Trinajstić information content (AvgIpc) is 3.08. The minimum absolute atomic E-state index is 0.0274. The van der Waals surface area contributed by atoms with Crippen molar-refractivity contribution in [3.05, 3.63) is 64.6 Å². The third kappa shape index (κ3) is 4.83. The first-order valence-electron chi connectivity index (χ1n) is 10.3. The number of carbonyl (C=O) groups excluding carboxylic acids is 2. The molecule has 0 atom stereocenters. The van der Waals surface area contributed by atoms with Crippen LogP contribution in [0.4, 0.5) is 0 Å². The summed E-state index contributed by atoms with van der Waals surface area (Å²) in [7, 11) is 1.52. The van der Waals surface area contributed by atoms with Gasteiger partial charge in [0.2, 0.25) is 0 Å². The van der Waals surface area contributed by atoms with Crippen LogP contribution < -0.4 is 9.47 Å². The quantitative estimate of drug-likeness (QED) is 0.260. The molecule has 0 spiro atoms. The normalized spacial score (nSPS) is 18.5. The van der Waals surface area contributed by atoms with Gasteiger partial charge in [-0.25, -0.2) is 4.79 Å². The highest BCUT2D eigenvalue weighted by Gasteiger charge is 2.37. The van der Waals surface area contributed by atoms with Crippen molar-refractivity contribution in [2.45, 2.75) is 38.1 Å². The van der Waals surface area contributed by atoms with Gasteiger partial charge < -0.3 is 9.47 Å². The Bertz CT molecular complexity index is 1030. The summed E-state index contributed by atoms with van der Waals surface area (Å²) in [5.41, 5.74) is 1.24. The molecule has 1 heterocycles. The maximum Gasteiger partial charge on any atom is 0.343 e. The molecule has 1 saturated heterocycles. The fourth-order valence-electron chi connectivity index (χ4n) is 3.88.